The Morgan fingerprint density at radius 3 is 1.91 bits per heavy atom. The maximum Gasteiger partial charge on any atom is 0.222 e. The van der Waals surface area contributed by atoms with Crippen molar-refractivity contribution in [1.29, 1.82) is 0 Å². The molecule has 0 aromatic heterocycles. The van der Waals surface area contributed by atoms with Crippen LogP contribution in [0.1, 0.15) is 34.1 Å². The van der Waals surface area contributed by atoms with Crippen LogP contribution in [0, 0.1) is 5.92 Å². The summed E-state index contributed by atoms with van der Waals surface area (Å²) in [5.74, 6) is -0.0799. The Morgan fingerprint density at radius 1 is 1.17 bits per heavy atom. The monoisotopic (exact) mass is 395 g/mol. The molecule has 3 nitrogen and oxygen atoms in total. The minimum Gasteiger partial charge on any atom is -0.393 e. The molecule has 0 aliphatic carbocycles. The van der Waals surface area contributed by atoms with Gasteiger partial charge < -0.3 is 9.67 Å². The van der Waals surface area contributed by atoms with Gasteiger partial charge in [-0.25, -0.2) is 0 Å². The number of rotatable bonds is 7. The van der Waals surface area contributed by atoms with Gasteiger partial charge in [0.25, 0.3) is 0 Å². The van der Waals surface area contributed by atoms with Crippen molar-refractivity contribution in [2.75, 3.05) is 18.8 Å². The van der Waals surface area contributed by atoms with Crippen LogP contribution in [0.25, 0.3) is 0 Å². The van der Waals surface area contributed by atoms with Crippen molar-refractivity contribution in [3.63, 3.8) is 0 Å². The molecule has 0 aromatic carbocycles. The molecule has 0 saturated carbocycles. The Morgan fingerprint density at radius 2 is 1.61 bits per heavy atom. The summed E-state index contributed by atoms with van der Waals surface area (Å²) < 4.78 is 2.22. The normalized spacial score (nSPS) is 24.6. The van der Waals surface area contributed by atoms with Gasteiger partial charge in [0.1, 0.15) is 3.41 Å². The van der Waals surface area contributed by atoms with Gasteiger partial charge in [-0.2, -0.15) is 0 Å². The van der Waals surface area contributed by atoms with E-state index in [1.807, 2.05) is 35.3 Å². The van der Waals surface area contributed by atoms with Crippen molar-refractivity contribution in [2.24, 2.45) is 5.92 Å². The van der Waals surface area contributed by atoms with Crippen molar-refractivity contribution in [1.82, 2.24) is 4.57 Å². The molecule has 0 aromatic rings. The summed E-state index contributed by atoms with van der Waals surface area (Å²) in [6.07, 6.45) is 6.77. The minimum absolute atomic E-state index is 0.0408. The largest absolute Gasteiger partial charge is 0.393 e. The molecular formula is C16H33NO2S3Si. The summed E-state index contributed by atoms with van der Waals surface area (Å²) in [5, 5.41) is 10.3. The van der Waals surface area contributed by atoms with Crippen LogP contribution in [0.3, 0.4) is 0 Å². The lowest BCUT2D eigenvalue weighted by Crippen LogP contribution is -2.75. The molecule has 3 atom stereocenters. The molecule has 0 spiro atoms. The van der Waals surface area contributed by atoms with E-state index in [2.05, 4.69) is 57.2 Å². The standard InChI is InChI=1S/C16H33NO2S3Si/c1-11(18)13-12(10-16(20-5,21-6)22-7)17(14(13)19)23(8,9)15(2,3)4/h11-13,18H,10H2,1-9H3/t11-,12?,13?/m1/s1. The van der Waals surface area contributed by atoms with Crippen molar-refractivity contribution < 1.29 is 9.90 Å². The van der Waals surface area contributed by atoms with E-state index in [1.165, 1.54) is 0 Å². The summed E-state index contributed by atoms with van der Waals surface area (Å²) in [5.41, 5.74) is 0. The third-order valence-corrected chi connectivity index (χ3v) is 16.4. The molecule has 1 saturated heterocycles. The van der Waals surface area contributed by atoms with E-state index in [0.29, 0.717) is 0 Å². The second-order valence-corrected chi connectivity index (χ2v) is 17.0. The number of aliphatic hydroxyl groups is 1. The quantitative estimate of drug-likeness (QED) is 0.395. The molecule has 1 aliphatic rings. The summed E-state index contributed by atoms with van der Waals surface area (Å²) in [6, 6.07) is 0.149. The van der Waals surface area contributed by atoms with E-state index in [9.17, 15) is 9.90 Å². The molecule has 7 heteroatoms. The van der Waals surface area contributed by atoms with E-state index < -0.39 is 14.3 Å². The highest BCUT2D eigenvalue weighted by molar-refractivity contribution is 8.33. The molecule has 136 valence electrons. The summed E-state index contributed by atoms with van der Waals surface area (Å²) in [4.78, 5) is 12.8. The van der Waals surface area contributed by atoms with Gasteiger partial charge in [0.05, 0.1) is 12.0 Å². The predicted molar refractivity (Wildman–Crippen MR) is 111 cm³/mol. The average Bonchev–Trinajstić information content (AvgIpc) is 2.41. The van der Waals surface area contributed by atoms with Crippen LogP contribution in [-0.2, 0) is 4.79 Å². The molecule has 0 bridgehead atoms. The lowest BCUT2D eigenvalue weighted by atomic mass is 9.84. The van der Waals surface area contributed by atoms with Gasteiger partial charge in [0, 0.05) is 12.5 Å². The van der Waals surface area contributed by atoms with Crippen LogP contribution >= 0.6 is 35.3 Å². The van der Waals surface area contributed by atoms with Crippen LogP contribution < -0.4 is 0 Å². The number of nitrogens with zero attached hydrogens (tertiary/aromatic N) is 1. The van der Waals surface area contributed by atoms with Gasteiger partial charge in [-0.15, -0.1) is 35.3 Å². The third-order valence-electron chi connectivity index (χ3n) is 5.62. The van der Waals surface area contributed by atoms with Crippen LogP contribution in [0.4, 0.5) is 0 Å². The van der Waals surface area contributed by atoms with E-state index in [0.717, 1.165) is 6.42 Å². The first-order valence-corrected chi connectivity index (χ1v) is 14.7. The zero-order valence-corrected chi connectivity index (χ0v) is 19.4. The number of thioether (sulfide) groups is 3. The molecule has 23 heavy (non-hydrogen) atoms. The van der Waals surface area contributed by atoms with Gasteiger partial charge in [-0.05, 0) is 30.7 Å². The average molecular weight is 396 g/mol. The van der Waals surface area contributed by atoms with Crippen molar-refractivity contribution in [2.45, 2.75) is 67.8 Å². The summed E-state index contributed by atoms with van der Waals surface area (Å²) >= 11 is 5.56. The first-order valence-electron chi connectivity index (χ1n) is 8.05. The van der Waals surface area contributed by atoms with E-state index in [-0.39, 0.29) is 26.3 Å². The molecule has 1 fully saturated rings. The second kappa shape index (κ2) is 7.52. The molecule has 1 heterocycles. The van der Waals surface area contributed by atoms with Gasteiger partial charge >= 0.3 is 0 Å². The van der Waals surface area contributed by atoms with Crippen LogP contribution in [0.5, 0.6) is 0 Å². The van der Waals surface area contributed by atoms with Gasteiger partial charge in [0.2, 0.25) is 5.91 Å². The fourth-order valence-electron chi connectivity index (χ4n) is 3.12. The minimum atomic E-state index is -1.93. The number of amides is 1. The number of hydrogen-bond acceptors (Lipinski definition) is 5. The number of carbonyl (C=O) groups excluding carboxylic acids is 1. The van der Waals surface area contributed by atoms with Crippen LogP contribution in [0.15, 0.2) is 0 Å². The van der Waals surface area contributed by atoms with E-state index in [1.54, 1.807) is 6.92 Å². The van der Waals surface area contributed by atoms with Crippen LogP contribution in [0.2, 0.25) is 18.1 Å². The highest BCUT2D eigenvalue weighted by atomic mass is 32.3. The Kier molecular flexibility index (Phi) is 7.11. The SMILES string of the molecule is CSC(CC1C([C@@H](C)O)C(=O)N1[Si](C)(C)C(C)(C)C)(SC)SC. The molecule has 0 radical (unpaired) electrons. The number of hydrogen-bond donors (Lipinski definition) is 1. The Bertz CT molecular complexity index is 425. The Hall–Kier alpha value is 0.697. The number of carbonyl (C=O) groups is 1. The zero-order valence-electron chi connectivity index (χ0n) is 16.0. The van der Waals surface area contributed by atoms with Gasteiger partial charge in [-0.3, -0.25) is 4.79 Å². The highest BCUT2D eigenvalue weighted by Gasteiger charge is 2.59. The third kappa shape index (κ3) is 3.94. The predicted octanol–water partition coefficient (Wildman–Crippen LogP) is 4.33. The highest BCUT2D eigenvalue weighted by Crippen LogP contribution is 2.53. The first-order chi connectivity index (χ1) is 10.4. The lowest BCUT2D eigenvalue weighted by molar-refractivity contribution is -0.155. The Balaban J connectivity index is 3.19. The Labute approximate surface area is 156 Å². The molecule has 1 aliphatic heterocycles. The molecule has 1 amide bonds. The first kappa shape index (κ1) is 21.7. The topological polar surface area (TPSA) is 40.5 Å². The van der Waals surface area contributed by atoms with Gasteiger partial charge in [0.15, 0.2) is 8.24 Å². The maximum absolute atomic E-state index is 12.8. The molecular weight excluding hydrogens is 362 g/mol. The van der Waals surface area contributed by atoms with Crippen molar-refractivity contribution >= 4 is 49.4 Å². The summed E-state index contributed by atoms with van der Waals surface area (Å²) in [6.45, 7) is 13.1. The fraction of sp³-hybridized carbons (Fsp3) is 0.938. The number of β-lactam (4-membered cyclic amide) rings is 1. The molecule has 1 N–H and O–H groups in total. The maximum atomic E-state index is 12.8. The molecule has 2 unspecified atom stereocenters. The fourth-order valence-corrected chi connectivity index (χ4v) is 8.64. The molecule has 1 rings (SSSR count). The van der Waals surface area contributed by atoms with Gasteiger partial charge in [-0.1, -0.05) is 33.9 Å². The van der Waals surface area contributed by atoms with Crippen molar-refractivity contribution in [3.05, 3.63) is 0 Å². The van der Waals surface area contributed by atoms with Crippen LogP contribution in [-0.4, -0.2) is 58.1 Å². The zero-order chi connectivity index (χ0) is 18.2. The number of aliphatic hydroxyl groups excluding tert-OH is 1. The summed E-state index contributed by atoms with van der Waals surface area (Å²) in [7, 11) is -1.93. The van der Waals surface area contributed by atoms with E-state index in [4.69, 9.17) is 0 Å². The smallest absolute Gasteiger partial charge is 0.222 e. The van der Waals surface area contributed by atoms with E-state index >= 15 is 0 Å². The second-order valence-electron chi connectivity index (χ2n) is 7.85. The van der Waals surface area contributed by atoms with Crippen molar-refractivity contribution in [3.8, 4) is 0 Å². The lowest BCUT2D eigenvalue weighted by Gasteiger charge is -2.60.